The minimum Gasteiger partial charge on any atom is -0.444 e. The Morgan fingerprint density at radius 1 is 0.969 bits per heavy atom. The van der Waals surface area contributed by atoms with Gasteiger partial charge >= 0.3 is 6.09 Å². The highest BCUT2D eigenvalue weighted by Gasteiger charge is 2.51. The Morgan fingerprint density at radius 3 is 1.84 bits per heavy atom. The minimum absolute atomic E-state index is 0.0132. The van der Waals surface area contributed by atoms with E-state index in [-0.39, 0.29) is 23.7 Å². The molecule has 0 radical (unpaired) electrons. The zero-order valence-electron chi connectivity index (χ0n) is 20.2. The third-order valence-electron chi connectivity index (χ3n) is 5.99. The van der Waals surface area contributed by atoms with Crippen molar-refractivity contribution in [2.75, 3.05) is 19.7 Å². The van der Waals surface area contributed by atoms with Crippen molar-refractivity contribution >= 4 is 24.8 Å². The topological polar surface area (TPSA) is 59.0 Å². The summed E-state index contributed by atoms with van der Waals surface area (Å²) >= 11 is 0. The lowest BCUT2D eigenvalue weighted by molar-refractivity contribution is -0.0423. The first-order chi connectivity index (χ1) is 14.9. The predicted molar refractivity (Wildman–Crippen MR) is 131 cm³/mol. The van der Waals surface area contributed by atoms with Crippen LogP contribution < -0.4 is 10.4 Å². The summed E-state index contributed by atoms with van der Waals surface area (Å²) in [5.41, 5.74) is -0.521. The van der Waals surface area contributed by atoms with Crippen LogP contribution in [0, 0.1) is 5.92 Å². The van der Waals surface area contributed by atoms with Gasteiger partial charge in [-0.2, -0.15) is 0 Å². The van der Waals surface area contributed by atoms with Crippen LogP contribution >= 0.6 is 0 Å². The lowest BCUT2D eigenvalue weighted by Crippen LogP contribution is -2.67. The van der Waals surface area contributed by atoms with E-state index in [4.69, 9.17) is 9.16 Å². The SMILES string of the molecule is CC(C)(C)OC(=O)N1CC(C(O)CO[Si](c2ccccc2)(c2ccccc2)C(C)(C)C)C1. The Morgan fingerprint density at radius 2 is 1.44 bits per heavy atom. The number of carbonyl (C=O) groups excluding carboxylic acids is 1. The fourth-order valence-corrected chi connectivity index (χ4v) is 8.92. The number of aliphatic hydroxyl groups excluding tert-OH is 1. The van der Waals surface area contributed by atoms with Gasteiger partial charge in [-0.15, -0.1) is 0 Å². The van der Waals surface area contributed by atoms with E-state index in [2.05, 4.69) is 69.3 Å². The third kappa shape index (κ3) is 5.25. The summed E-state index contributed by atoms with van der Waals surface area (Å²) in [6, 6.07) is 20.8. The van der Waals surface area contributed by atoms with Crippen molar-refractivity contribution in [3.05, 3.63) is 60.7 Å². The fraction of sp³-hybridized carbons (Fsp3) is 0.500. The Kier molecular flexibility index (Phi) is 7.17. The van der Waals surface area contributed by atoms with Crippen LogP contribution in [0.2, 0.25) is 5.04 Å². The molecule has 2 aromatic carbocycles. The molecular weight excluding hydrogens is 418 g/mol. The van der Waals surface area contributed by atoms with Gasteiger partial charge in [0.05, 0.1) is 12.7 Å². The number of aliphatic hydroxyl groups is 1. The Balaban J connectivity index is 1.77. The van der Waals surface area contributed by atoms with Crippen LogP contribution in [0.15, 0.2) is 60.7 Å². The predicted octanol–water partition coefficient (Wildman–Crippen LogP) is 3.79. The zero-order valence-corrected chi connectivity index (χ0v) is 21.2. The number of rotatable bonds is 6. The van der Waals surface area contributed by atoms with Gasteiger partial charge in [-0.05, 0) is 36.2 Å². The molecule has 174 valence electrons. The van der Waals surface area contributed by atoms with E-state index in [1.54, 1.807) is 4.90 Å². The van der Waals surface area contributed by atoms with Crippen molar-refractivity contribution in [2.45, 2.75) is 58.3 Å². The van der Waals surface area contributed by atoms with Gasteiger partial charge in [-0.1, -0.05) is 81.4 Å². The summed E-state index contributed by atoms with van der Waals surface area (Å²) in [6.07, 6.45) is -0.968. The summed E-state index contributed by atoms with van der Waals surface area (Å²) in [5.74, 6) is -0.0132. The molecule has 5 nitrogen and oxygen atoms in total. The van der Waals surface area contributed by atoms with Crippen molar-refractivity contribution in [1.29, 1.82) is 0 Å². The molecule has 1 saturated heterocycles. The highest BCUT2D eigenvalue weighted by atomic mass is 28.4. The molecule has 0 spiro atoms. The highest BCUT2D eigenvalue weighted by molar-refractivity contribution is 6.99. The van der Waals surface area contributed by atoms with Crippen molar-refractivity contribution in [2.24, 2.45) is 5.92 Å². The average molecular weight is 456 g/mol. The Labute approximate surface area is 193 Å². The summed E-state index contributed by atoms with van der Waals surface area (Å²) in [7, 11) is -2.68. The van der Waals surface area contributed by atoms with Crippen LogP contribution in [0.3, 0.4) is 0 Å². The third-order valence-corrected chi connectivity index (χ3v) is 11.0. The number of amides is 1. The molecule has 0 bridgehead atoms. The number of likely N-dealkylation sites (tertiary alicyclic amines) is 1. The normalized spacial score (nSPS) is 16.4. The molecule has 1 heterocycles. The largest absolute Gasteiger partial charge is 0.444 e. The quantitative estimate of drug-likeness (QED) is 0.674. The first-order valence-electron chi connectivity index (χ1n) is 11.3. The van der Waals surface area contributed by atoms with Crippen LogP contribution in [0.1, 0.15) is 41.5 Å². The van der Waals surface area contributed by atoms with Gasteiger partial charge in [0.15, 0.2) is 0 Å². The van der Waals surface area contributed by atoms with Gasteiger partial charge in [-0.25, -0.2) is 4.79 Å². The highest BCUT2D eigenvalue weighted by Crippen LogP contribution is 2.37. The van der Waals surface area contributed by atoms with Crippen LogP contribution in [-0.2, 0) is 9.16 Å². The average Bonchev–Trinajstić information content (AvgIpc) is 2.66. The van der Waals surface area contributed by atoms with Crippen LogP contribution in [0.5, 0.6) is 0 Å². The first-order valence-corrected chi connectivity index (χ1v) is 13.3. The number of nitrogens with zero attached hydrogens (tertiary/aromatic N) is 1. The number of ether oxygens (including phenoxy) is 1. The van der Waals surface area contributed by atoms with Gasteiger partial charge in [0, 0.05) is 19.0 Å². The van der Waals surface area contributed by atoms with E-state index < -0.39 is 20.0 Å². The summed E-state index contributed by atoms with van der Waals surface area (Å²) in [4.78, 5) is 13.9. The second-order valence-corrected chi connectivity index (χ2v) is 15.0. The van der Waals surface area contributed by atoms with Gasteiger partial charge in [0.25, 0.3) is 8.32 Å². The van der Waals surface area contributed by atoms with Crippen molar-refractivity contribution in [3.63, 3.8) is 0 Å². The van der Waals surface area contributed by atoms with Crippen LogP contribution in [0.4, 0.5) is 4.79 Å². The molecule has 0 aromatic heterocycles. The lowest BCUT2D eigenvalue weighted by Gasteiger charge is -2.45. The molecule has 1 aliphatic rings. The Bertz CT molecular complexity index is 844. The maximum Gasteiger partial charge on any atom is 0.410 e. The Hall–Kier alpha value is -2.15. The molecule has 32 heavy (non-hydrogen) atoms. The molecule has 2 aromatic rings. The maximum atomic E-state index is 12.2. The maximum absolute atomic E-state index is 12.2. The van der Waals surface area contributed by atoms with E-state index in [1.165, 1.54) is 10.4 Å². The molecule has 1 amide bonds. The number of benzene rings is 2. The molecule has 1 atom stereocenters. The van der Waals surface area contributed by atoms with E-state index in [0.717, 1.165) is 0 Å². The van der Waals surface area contributed by atoms with Crippen molar-refractivity contribution in [3.8, 4) is 0 Å². The minimum atomic E-state index is -2.68. The first kappa shape index (κ1) is 24.5. The molecular formula is C26H37NO4Si. The standard InChI is InChI=1S/C26H37NO4Si/c1-25(2,3)31-24(29)27-17-20(18-27)23(28)19-30-32(26(4,5)6,21-13-9-7-10-14-21)22-15-11-8-12-16-22/h7-16,20,23,28H,17-19H2,1-6H3. The van der Waals surface area contributed by atoms with Crippen molar-refractivity contribution in [1.82, 2.24) is 4.90 Å². The summed E-state index contributed by atoms with van der Waals surface area (Å²) in [5, 5.41) is 13.2. The van der Waals surface area contributed by atoms with E-state index in [0.29, 0.717) is 13.1 Å². The zero-order chi connectivity index (χ0) is 23.6. The molecule has 1 aliphatic heterocycles. The van der Waals surface area contributed by atoms with Crippen LogP contribution in [-0.4, -0.2) is 55.8 Å². The van der Waals surface area contributed by atoms with Gasteiger partial charge < -0.3 is 19.2 Å². The van der Waals surface area contributed by atoms with E-state index >= 15 is 0 Å². The molecule has 1 fully saturated rings. The molecule has 0 saturated carbocycles. The molecule has 0 aliphatic carbocycles. The van der Waals surface area contributed by atoms with E-state index in [1.807, 2.05) is 32.9 Å². The second-order valence-electron chi connectivity index (χ2n) is 10.7. The summed E-state index contributed by atoms with van der Waals surface area (Å²) in [6.45, 7) is 13.4. The monoisotopic (exact) mass is 455 g/mol. The number of hydrogen-bond donors (Lipinski definition) is 1. The van der Waals surface area contributed by atoms with E-state index in [9.17, 15) is 9.90 Å². The van der Waals surface area contributed by atoms with Gasteiger partial charge in [0.2, 0.25) is 0 Å². The van der Waals surface area contributed by atoms with Crippen molar-refractivity contribution < 1.29 is 19.1 Å². The summed E-state index contributed by atoms with van der Waals surface area (Å²) < 4.78 is 12.2. The number of carbonyl (C=O) groups is 1. The fourth-order valence-electron chi connectivity index (χ4n) is 4.34. The smallest absolute Gasteiger partial charge is 0.410 e. The number of hydrogen-bond acceptors (Lipinski definition) is 4. The molecule has 1 N–H and O–H groups in total. The molecule has 6 heteroatoms. The second kappa shape index (κ2) is 9.38. The molecule has 3 rings (SSSR count). The van der Waals surface area contributed by atoms with Gasteiger partial charge in [0.1, 0.15) is 5.60 Å². The van der Waals surface area contributed by atoms with Gasteiger partial charge in [-0.3, -0.25) is 0 Å². The van der Waals surface area contributed by atoms with Crippen LogP contribution in [0.25, 0.3) is 0 Å². The molecule has 1 unspecified atom stereocenters. The lowest BCUT2D eigenvalue weighted by atomic mass is 9.95.